The van der Waals surface area contributed by atoms with Gasteiger partial charge in [-0.3, -0.25) is 4.79 Å². The molecule has 4 heterocycles. The summed E-state index contributed by atoms with van der Waals surface area (Å²) in [6, 6.07) is 13.5. The van der Waals surface area contributed by atoms with Crippen molar-refractivity contribution in [2.45, 2.75) is 38.5 Å². The third-order valence-corrected chi connectivity index (χ3v) is 8.22. The molecule has 210 valence electrons. The molecule has 9 nitrogen and oxygen atoms in total. The number of imidazole rings is 1. The van der Waals surface area contributed by atoms with Crippen LogP contribution in [0.3, 0.4) is 0 Å². The number of rotatable bonds is 9. The summed E-state index contributed by atoms with van der Waals surface area (Å²) in [7, 11) is 2.03. The highest BCUT2D eigenvalue weighted by atomic mass is 19.1. The van der Waals surface area contributed by atoms with E-state index in [4.69, 9.17) is 15.5 Å². The third kappa shape index (κ3) is 4.72. The minimum Gasteiger partial charge on any atom is -0.487 e. The van der Waals surface area contributed by atoms with Crippen LogP contribution in [0.4, 0.5) is 4.39 Å². The zero-order valence-electron chi connectivity index (χ0n) is 23.0. The van der Waals surface area contributed by atoms with Gasteiger partial charge in [-0.2, -0.15) is 10.2 Å². The van der Waals surface area contributed by atoms with Gasteiger partial charge in [0.05, 0.1) is 34.5 Å². The van der Waals surface area contributed by atoms with Crippen molar-refractivity contribution in [3.8, 4) is 17.3 Å². The Bertz CT molecular complexity index is 1760. The highest BCUT2D eigenvalue weighted by Crippen LogP contribution is 2.39. The Labute approximate surface area is 236 Å². The Kier molecular flexibility index (Phi) is 6.42. The quantitative estimate of drug-likeness (QED) is 0.292. The number of benzene rings is 2. The largest absolute Gasteiger partial charge is 0.487 e. The van der Waals surface area contributed by atoms with E-state index in [0.29, 0.717) is 31.1 Å². The van der Waals surface area contributed by atoms with Gasteiger partial charge in [-0.1, -0.05) is 12.1 Å². The molecule has 41 heavy (non-hydrogen) atoms. The number of ether oxygens (including phenoxy) is 1. The Morgan fingerprint density at radius 1 is 1.17 bits per heavy atom. The first-order valence-electron chi connectivity index (χ1n) is 14.1. The second kappa shape index (κ2) is 10.3. The number of aryl methyl sites for hydroxylation is 1. The number of para-hydroxylation sites is 1. The monoisotopic (exact) mass is 553 g/mol. The van der Waals surface area contributed by atoms with Gasteiger partial charge in [0.1, 0.15) is 19.0 Å². The van der Waals surface area contributed by atoms with E-state index in [1.54, 1.807) is 17.3 Å². The third-order valence-electron chi connectivity index (χ3n) is 8.22. The lowest BCUT2D eigenvalue weighted by Crippen LogP contribution is -2.45. The van der Waals surface area contributed by atoms with E-state index in [9.17, 15) is 9.18 Å². The van der Waals surface area contributed by atoms with E-state index in [-0.39, 0.29) is 12.5 Å². The highest BCUT2D eigenvalue weighted by molar-refractivity contribution is 6.01. The van der Waals surface area contributed by atoms with Crippen LogP contribution >= 0.6 is 0 Å². The summed E-state index contributed by atoms with van der Waals surface area (Å²) in [5.74, 6) is 2.17. The summed E-state index contributed by atoms with van der Waals surface area (Å²) in [4.78, 5) is 20.0. The molecule has 1 amide bonds. The SMILES string of the molecule is Cn1c(-c2cc3cccc(OCc4ccnnc4)c3n2CC2CC2)nc2cc3c(cc21)CCN(C[C@H](N)CF)C3=O. The molecule has 10 heteroatoms. The van der Waals surface area contributed by atoms with Crippen LogP contribution in [-0.4, -0.2) is 60.9 Å². The Hall–Kier alpha value is -4.31. The number of amides is 1. The van der Waals surface area contributed by atoms with Crippen LogP contribution in [0, 0.1) is 5.92 Å². The maximum absolute atomic E-state index is 13.3. The van der Waals surface area contributed by atoms with E-state index in [2.05, 4.69) is 37.5 Å². The van der Waals surface area contributed by atoms with Gasteiger partial charge >= 0.3 is 0 Å². The number of halogens is 1. The Morgan fingerprint density at radius 3 is 2.83 bits per heavy atom. The van der Waals surface area contributed by atoms with Crippen LogP contribution in [0.2, 0.25) is 0 Å². The van der Waals surface area contributed by atoms with Crippen molar-refractivity contribution in [3.05, 3.63) is 71.5 Å². The van der Waals surface area contributed by atoms with E-state index in [1.165, 1.54) is 12.8 Å². The van der Waals surface area contributed by atoms with E-state index in [0.717, 1.165) is 56.9 Å². The number of nitrogens with two attached hydrogens (primary N) is 1. The van der Waals surface area contributed by atoms with Crippen LogP contribution in [0.25, 0.3) is 33.5 Å². The fourth-order valence-corrected chi connectivity index (χ4v) is 5.85. The van der Waals surface area contributed by atoms with Crippen LogP contribution in [0.15, 0.2) is 54.9 Å². The average Bonchev–Trinajstić information content (AvgIpc) is 3.67. The molecule has 1 saturated carbocycles. The van der Waals surface area contributed by atoms with Crippen molar-refractivity contribution in [3.63, 3.8) is 0 Å². The highest BCUT2D eigenvalue weighted by Gasteiger charge is 2.29. The van der Waals surface area contributed by atoms with Gasteiger partial charge in [-0.15, -0.1) is 0 Å². The smallest absolute Gasteiger partial charge is 0.254 e. The number of hydrogen-bond acceptors (Lipinski definition) is 6. The molecule has 5 aromatic rings. The molecule has 1 aliphatic carbocycles. The van der Waals surface area contributed by atoms with Gasteiger partial charge in [0.25, 0.3) is 5.91 Å². The second-order valence-electron chi connectivity index (χ2n) is 11.2. The summed E-state index contributed by atoms with van der Waals surface area (Å²) < 4.78 is 23.8. The molecule has 0 spiro atoms. The first kappa shape index (κ1) is 25.6. The van der Waals surface area contributed by atoms with Crippen LogP contribution in [-0.2, 0) is 26.6 Å². The van der Waals surface area contributed by atoms with E-state index >= 15 is 0 Å². The molecule has 0 saturated heterocycles. The standard InChI is InChI=1S/C31H32FN7O2/c1-37-26-11-21-8-10-38(17-23(33)14-32)31(40)24(21)13-25(26)36-30(37)27-12-22-3-2-4-28(29(22)39(27)16-19-5-6-19)41-18-20-7-9-34-35-15-20/h2-4,7,9,11-13,15,19,23H,5-6,8,10,14,16-18,33H2,1H3/t23-/m1/s1. The number of nitrogens with zero attached hydrogens (tertiary/aromatic N) is 6. The fourth-order valence-electron chi connectivity index (χ4n) is 5.85. The lowest BCUT2D eigenvalue weighted by atomic mass is 9.97. The van der Waals surface area contributed by atoms with Crippen LogP contribution < -0.4 is 10.5 Å². The van der Waals surface area contributed by atoms with Crippen molar-refractivity contribution < 1.29 is 13.9 Å². The summed E-state index contributed by atoms with van der Waals surface area (Å²) >= 11 is 0. The lowest BCUT2D eigenvalue weighted by molar-refractivity contribution is 0.0725. The molecule has 2 aliphatic rings. The first-order chi connectivity index (χ1) is 20.0. The van der Waals surface area contributed by atoms with Crippen molar-refractivity contribution in [2.24, 2.45) is 18.7 Å². The number of fused-ring (bicyclic) bond motifs is 3. The van der Waals surface area contributed by atoms with E-state index < -0.39 is 12.7 Å². The molecule has 7 rings (SSSR count). The Morgan fingerprint density at radius 2 is 2.05 bits per heavy atom. The topological polar surface area (TPSA) is 104 Å². The molecule has 2 N–H and O–H groups in total. The molecule has 1 fully saturated rings. The first-order valence-corrected chi connectivity index (χ1v) is 14.1. The zero-order chi connectivity index (χ0) is 28.1. The summed E-state index contributed by atoms with van der Waals surface area (Å²) in [5, 5.41) is 8.91. The predicted octanol–water partition coefficient (Wildman–Crippen LogP) is 4.27. The van der Waals surface area contributed by atoms with Crippen molar-refractivity contribution >= 4 is 27.8 Å². The molecule has 2 aromatic carbocycles. The number of carbonyl (C=O) groups is 1. The summed E-state index contributed by atoms with van der Waals surface area (Å²) in [5.41, 5.74) is 12.2. The number of carbonyl (C=O) groups excluding carboxylic acids is 1. The molecule has 0 radical (unpaired) electrons. The van der Waals surface area contributed by atoms with E-state index in [1.807, 2.05) is 31.3 Å². The van der Waals surface area contributed by atoms with Crippen molar-refractivity contribution in [1.82, 2.24) is 29.2 Å². The van der Waals surface area contributed by atoms with Gasteiger partial charge in [0.15, 0.2) is 5.82 Å². The minimum absolute atomic E-state index is 0.113. The minimum atomic E-state index is -0.672. The molecular formula is C31H32FN7O2. The molecule has 0 bridgehead atoms. The van der Waals surface area contributed by atoms with Gasteiger partial charge in [0.2, 0.25) is 0 Å². The molecule has 1 aliphatic heterocycles. The van der Waals surface area contributed by atoms with Crippen LogP contribution in [0.5, 0.6) is 5.75 Å². The molecule has 3 aromatic heterocycles. The second-order valence-corrected chi connectivity index (χ2v) is 11.2. The maximum Gasteiger partial charge on any atom is 0.254 e. The maximum atomic E-state index is 13.3. The van der Waals surface area contributed by atoms with Crippen LogP contribution in [0.1, 0.15) is 34.3 Å². The lowest BCUT2D eigenvalue weighted by Gasteiger charge is -2.30. The molecule has 0 unspecified atom stereocenters. The number of hydrogen-bond donors (Lipinski definition) is 1. The predicted molar refractivity (Wildman–Crippen MR) is 154 cm³/mol. The van der Waals surface area contributed by atoms with Gasteiger partial charge in [0, 0.05) is 49.4 Å². The average molecular weight is 554 g/mol. The molecular weight excluding hydrogens is 521 g/mol. The molecule has 1 atom stereocenters. The normalized spacial score (nSPS) is 16.0. The van der Waals surface area contributed by atoms with Crippen molar-refractivity contribution in [2.75, 3.05) is 19.8 Å². The number of alkyl halides is 1. The van der Waals surface area contributed by atoms with Gasteiger partial charge < -0.3 is 24.5 Å². The van der Waals surface area contributed by atoms with Crippen molar-refractivity contribution in [1.29, 1.82) is 0 Å². The fraction of sp³-hybridized carbons (Fsp3) is 0.355. The van der Waals surface area contributed by atoms with Gasteiger partial charge in [-0.25, -0.2) is 9.37 Å². The number of aromatic nitrogens is 5. The summed E-state index contributed by atoms with van der Waals surface area (Å²) in [6.07, 6.45) is 6.51. The summed E-state index contributed by atoms with van der Waals surface area (Å²) in [6.45, 7) is 1.38. The Balaban J connectivity index is 1.30. The van der Waals surface area contributed by atoms with Gasteiger partial charge in [-0.05, 0) is 61.1 Å². The zero-order valence-corrected chi connectivity index (χ0v) is 23.0.